The molecule has 0 aliphatic heterocycles. The van der Waals surface area contributed by atoms with Gasteiger partial charge in [-0.3, -0.25) is 4.79 Å². The molecular formula is C11H13N5O3S. The number of aromatic nitrogens is 3. The number of nitrogens with one attached hydrogen (secondary N) is 1. The fourth-order valence-electron chi connectivity index (χ4n) is 1.54. The molecule has 1 amide bonds. The number of nitrogens with zero attached hydrogens (tertiary/aromatic N) is 3. The molecule has 8 nitrogen and oxygen atoms in total. The van der Waals surface area contributed by atoms with E-state index in [1.54, 1.807) is 18.3 Å². The van der Waals surface area contributed by atoms with Crippen molar-refractivity contribution >= 4 is 15.9 Å². The van der Waals surface area contributed by atoms with E-state index in [-0.39, 0.29) is 11.4 Å². The minimum Gasteiger partial charge on any atom is -0.325 e. The molecule has 0 bridgehead atoms. The smallest absolute Gasteiger partial charge is 0.264 e. The zero-order valence-electron chi connectivity index (χ0n) is 10.6. The van der Waals surface area contributed by atoms with Crippen LogP contribution in [0.2, 0.25) is 0 Å². The monoisotopic (exact) mass is 295 g/mol. The highest BCUT2D eigenvalue weighted by atomic mass is 32.2. The molecule has 0 atom stereocenters. The molecule has 0 radical (unpaired) electrons. The van der Waals surface area contributed by atoms with Crippen LogP contribution in [0.25, 0.3) is 5.69 Å². The topological polar surface area (TPSA) is 120 Å². The van der Waals surface area contributed by atoms with Crippen LogP contribution in [0.4, 0.5) is 0 Å². The highest BCUT2D eigenvalue weighted by Crippen LogP contribution is 2.13. The predicted octanol–water partition coefficient (Wildman–Crippen LogP) is -0.449. The summed E-state index contributed by atoms with van der Waals surface area (Å²) in [4.78, 5) is 10.8. The van der Waals surface area contributed by atoms with E-state index < -0.39 is 15.9 Å². The number of rotatable bonds is 4. The molecule has 2 aromatic rings. The first-order valence-corrected chi connectivity index (χ1v) is 7.16. The third-order valence-electron chi connectivity index (χ3n) is 2.44. The van der Waals surface area contributed by atoms with Crippen LogP contribution < -0.4 is 10.5 Å². The largest absolute Gasteiger partial charge is 0.325 e. The van der Waals surface area contributed by atoms with Crippen LogP contribution in [0.15, 0.2) is 35.4 Å². The van der Waals surface area contributed by atoms with Crippen LogP contribution in [0.5, 0.6) is 0 Å². The summed E-state index contributed by atoms with van der Waals surface area (Å²) in [5.74, 6) is -0.641. The van der Waals surface area contributed by atoms with Gasteiger partial charge in [0.25, 0.3) is 10.0 Å². The predicted molar refractivity (Wildman–Crippen MR) is 70.3 cm³/mol. The van der Waals surface area contributed by atoms with Crippen LogP contribution in [0, 0.1) is 0 Å². The average Bonchev–Trinajstić information content (AvgIpc) is 2.86. The molecule has 9 heteroatoms. The summed E-state index contributed by atoms with van der Waals surface area (Å²) in [5.41, 5.74) is 6.70. The standard InChI is InChI=1S/C11H13N5O3S/c1-8(17)14-20(18,19)11-4-2-10(3-5-11)16-7-9(6-12)13-15-16/h2-5,7H,6,12H2,1H3,(H,14,17). The Morgan fingerprint density at radius 2 is 2.00 bits per heavy atom. The van der Waals surface area contributed by atoms with Gasteiger partial charge in [0, 0.05) is 13.5 Å². The third-order valence-corrected chi connectivity index (χ3v) is 3.89. The summed E-state index contributed by atoms with van der Waals surface area (Å²) in [7, 11) is -3.82. The van der Waals surface area contributed by atoms with Crippen LogP contribution in [-0.2, 0) is 21.4 Å². The van der Waals surface area contributed by atoms with Crippen LogP contribution in [0.3, 0.4) is 0 Å². The minimum atomic E-state index is -3.82. The molecule has 2 rings (SSSR count). The van der Waals surface area contributed by atoms with E-state index >= 15 is 0 Å². The summed E-state index contributed by atoms with van der Waals surface area (Å²) in [6.45, 7) is 1.41. The molecule has 0 aliphatic rings. The van der Waals surface area contributed by atoms with Crippen molar-refractivity contribution in [1.82, 2.24) is 19.7 Å². The average molecular weight is 295 g/mol. The van der Waals surface area contributed by atoms with E-state index in [2.05, 4.69) is 10.3 Å². The molecule has 0 unspecified atom stereocenters. The molecule has 3 N–H and O–H groups in total. The van der Waals surface area contributed by atoms with Gasteiger partial charge in [-0.1, -0.05) is 5.21 Å². The van der Waals surface area contributed by atoms with Gasteiger partial charge in [0.15, 0.2) is 0 Å². The Morgan fingerprint density at radius 1 is 1.35 bits per heavy atom. The minimum absolute atomic E-state index is 0.00406. The quantitative estimate of drug-likeness (QED) is 0.788. The lowest BCUT2D eigenvalue weighted by Crippen LogP contribution is -2.28. The number of benzene rings is 1. The Balaban J connectivity index is 2.28. The number of amides is 1. The van der Waals surface area contributed by atoms with Crippen molar-refractivity contribution in [2.45, 2.75) is 18.4 Å². The molecule has 1 aromatic heterocycles. The first-order chi connectivity index (χ1) is 9.42. The maximum Gasteiger partial charge on any atom is 0.264 e. The fourth-order valence-corrected chi connectivity index (χ4v) is 2.53. The van der Waals surface area contributed by atoms with Gasteiger partial charge in [-0.15, -0.1) is 5.10 Å². The van der Waals surface area contributed by atoms with E-state index in [1.807, 2.05) is 4.72 Å². The highest BCUT2D eigenvalue weighted by molar-refractivity contribution is 7.90. The summed E-state index contributed by atoms with van der Waals surface area (Å²) in [6, 6.07) is 5.88. The highest BCUT2D eigenvalue weighted by Gasteiger charge is 2.15. The second-order valence-electron chi connectivity index (χ2n) is 4.01. The van der Waals surface area contributed by atoms with Gasteiger partial charge in [0.2, 0.25) is 5.91 Å². The molecule has 0 spiro atoms. The Labute approximate surface area is 115 Å². The van der Waals surface area contributed by atoms with Crippen LogP contribution in [0.1, 0.15) is 12.6 Å². The Morgan fingerprint density at radius 3 is 2.50 bits per heavy atom. The Kier molecular flexibility index (Phi) is 3.81. The number of sulfonamides is 1. The second-order valence-corrected chi connectivity index (χ2v) is 5.70. The van der Waals surface area contributed by atoms with Gasteiger partial charge >= 0.3 is 0 Å². The summed E-state index contributed by atoms with van der Waals surface area (Å²) < 4.78 is 26.9. The normalized spacial score (nSPS) is 11.3. The number of hydrogen-bond acceptors (Lipinski definition) is 6. The Bertz CT molecular complexity index is 721. The van der Waals surface area contributed by atoms with Gasteiger partial charge < -0.3 is 5.73 Å². The molecule has 1 heterocycles. The lowest BCUT2D eigenvalue weighted by molar-refractivity contribution is -0.117. The van der Waals surface area contributed by atoms with Crippen molar-refractivity contribution in [3.05, 3.63) is 36.2 Å². The SMILES string of the molecule is CC(=O)NS(=O)(=O)c1ccc(-n2cc(CN)nn2)cc1. The van der Waals surface area contributed by atoms with Crippen molar-refractivity contribution in [2.75, 3.05) is 0 Å². The number of carbonyl (C=O) groups excluding carboxylic acids is 1. The van der Waals surface area contributed by atoms with Gasteiger partial charge in [-0.2, -0.15) is 0 Å². The fraction of sp³-hybridized carbons (Fsp3) is 0.182. The van der Waals surface area contributed by atoms with Crippen molar-refractivity contribution in [3.63, 3.8) is 0 Å². The van der Waals surface area contributed by atoms with Crippen LogP contribution in [-0.4, -0.2) is 29.3 Å². The molecular weight excluding hydrogens is 282 g/mol. The van der Waals surface area contributed by atoms with Gasteiger partial charge in [0.05, 0.1) is 22.5 Å². The summed E-state index contributed by atoms with van der Waals surface area (Å²) in [5, 5.41) is 7.70. The van der Waals surface area contributed by atoms with Crippen molar-refractivity contribution in [2.24, 2.45) is 5.73 Å². The number of hydrogen-bond donors (Lipinski definition) is 2. The van der Waals surface area contributed by atoms with Gasteiger partial charge in [-0.05, 0) is 24.3 Å². The van der Waals surface area contributed by atoms with Crippen LogP contribution >= 0.6 is 0 Å². The van der Waals surface area contributed by atoms with Gasteiger partial charge in [-0.25, -0.2) is 17.8 Å². The van der Waals surface area contributed by atoms with Crippen molar-refractivity contribution in [3.8, 4) is 5.69 Å². The molecule has 0 saturated carbocycles. The first kappa shape index (κ1) is 14.2. The lowest BCUT2D eigenvalue weighted by Gasteiger charge is -2.05. The third kappa shape index (κ3) is 3.00. The zero-order chi connectivity index (χ0) is 14.8. The summed E-state index contributed by atoms with van der Waals surface area (Å²) in [6.07, 6.45) is 1.65. The van der Waals surface area contributed by atoms with Crippen molar-refractivity contribution in [1.29, 1.82) is 0 Å². The van der Waals surface area contributed by atoms with E-state index in [0.29, 0.717) is 11.4 Å². The van der Waals surface area contributed by atoms with E-state index in [4.69, 9.17) is 5.73 Å². The van der Waals surface area contributed by atoms with E-state index in [9.17, 15) is 13.2 Å². The molecule has 0 saturated heterocycles. The Hall–Kier alpha value is -2.26. The number of nitrogens with two attached hydrogens (primary N) is 1. The lowest BCUT2D eigenvalue weighted by atomic mass is 10.3. The van der Waals surface area contributed by atoms with E-state index in [0.717, 1.165) is 6.92 Å². The van der Waals surface area contributed by atoms with Gasteiger partial charge in [0.1, 0.15) is 0 Å². The maximum atomic E-state index is 11.8. The molecule has 106 valence electrons. The molecule has 1 aromatic carbocycles. The molecule has 0 aliphatic carbocycles. The summed E-state index contributed by atoms with van der Waals surface area (Å²) >= 11 is 0. The van der Waals surface area contributed by atoms with Crippen molar-refractivity contribution < 1.29 is 13.2 Å². The van der Waals surface area contributed by atoms with E-state index in [1.165, 1.54) is 16.8 Å². The second kappa shape index (κ2) is 5.39. The molecule has 0 fully saturated rings. The number of carbonyl (C=O) groups is 1. The molecule has 20 heavy (non-hydrogen) atoms. The first-order valence-electron chi connectivity index (χ1n) is 5.67. The zero-order valence-corrected chi connectivity index (χ0v) is 11.5. The maximum absolute atomic E-state index is 11.8.